The van der Waals surface area contributed by atoms with Gasteiger partial charge in [-0.3, -0.25) is 0 Å². The summed E-state index contributed by atoms with van der Waals surface area (Å²) in [4.78, 5) is 4.06. The van der Waals surface area contributed by atoms with Crippen LogP contribution in [0.5, 0.6) is 11.6 Å². The molecule has 0 fully saturated rings. The van der Waals surface area contributed by atoms with Gasteiger partial charge in [0.05, 0.1) is 20.3 Å². The first kappa shape index (κ1) is 11.8. The monoisotopic (exact) mass is 211 g/mol. The first-order valence-corrected chi connectivity index (χ1v) is 4.82. The standard InChI is InChI=1S/C11H17NO3/c1-11(2,7-13)8-15-10-9(14-3)5-4-6-12-10/h4-6,13H,7-8H2,1-3H3. The van der Waals surface area contributed by atoms with Gasteiger partial charge in [-0.25, -0.2) is 4.98 Å². The van der Waals surface area contributed by atoms with Gasteiger partial charge in [0.1, 0.15) is 0 Å². The number of pyridine rings is 1. The number of rotatable bonds is 5. The summed E-state index contributed by atoms with van der Waals surface area (Å²) in [6, 6.07) is 3.57. The van der Waals surface area contributed by atoms with E-state index in [1.807, 2.05) is 13.8 Å². The zero-order valence-corrected chi connectivity index (χ0v) is 9.36. The molecule has 1 aromatic heterocycles. The second-order valence-corrected chi connectivity index (χ2v) is 4.12. The Morgan fingerprint density at radius 1 is 1.47 bits per heavy atom. The molecule has 0 aliphatic rings. The average molecular weight is 211 g/mol. The maximum absolute atomic E-state index is 9.07. The highest BCUT2D eigenvalue weighted by molar-refractivity contribution is 5.32. The third-order valence-corrected chi connectivity index (χ3v) is 1.98. The van der Waals surface area contributed by atoms with Crippen molar-refractivity contribution in [3.05, 3.63) is 18.3 Å². The number of hydrogen-bond donors (Lipinski definition) is 1. The number of aromatic nitrogens is 1. The van der Waals surface area contributed by atoms with Crippen LogP contribution >= 0.6 is 0 Å². The Kier molecular flexibility index (Phi) is 3.91. The zero-order chi connectivity index (χ0) is 11.3. The lowest BCUT2D eigenvalue weighted by Crippen LogP contribution is -2.25. The molecule has 0 bridgehead atoms. The second-order valence-electron chi connectivity index (χ2n) is 4.12. The quantitative estimate of drug-likeness (QED) is 0.801. The molecule has 0 aliphatic carbocycles. The molecule has 0 aromatic carbocycles. The molecule has 0 saturated carbocycles. The predicted molar refractivity (Wildman–Crippen MR) is 57.2 cm³/mol. The average Bonchev–Trinajstić information content (AvgIpc) is 2.27. The molecule has 15 heavy (non-hydrogen) atoms. The first-order chi connectivity index (χ1) is 7.09. The van der Waals surface area contributed by atoms with Gasteiger partial charge >= 0.3 is 0 Å². The Morgan fingerprint density at radius 3 is 2.80 bits per heavy atom. The summed E-state index contributed by atoms with van der Waals surface area (Å²) in [6.45, 7) is 4.31. The molecule has 84 valence electrons. The summed E-state index contributed by atoms with van der Waals surface area (Å²) in [5, 5.41) is 9.07. The SMILES string of the molecule is COc1cccnc1OCC(C)(C)CO. The molecule has 0 aliphatic heterocycles. The van der Waals surface area contributed by atoms with Crippen molar-refractivity contribution in [3.8, 4) is 11.6 Å². The van der Waals surface area contributed by atoms with Crippen LogP contribution in [0.2, 0.25) is 0 Å². The van der Waals surface area contributed by atoms with Crippen LogP contribution in [0.1, 0.15) is 13.8 Å². The number of ether oxygens (including phenoxy) is 2. The maximum Gasteiger partial charge on any atom is 0.256 e. The Hall–Kier alpha value is -1.29. The summed E-state index contributed by atoms with van der Waals surface area (Å²) in [5.74, 6) is 1.06. The summed E-state index contributed by atoms with van der Waals surface area (Å²) < 4.78 is 10.6. The minimum atomic E-state index is -0.275. The van der Waals surface area contributed by atoms with Gasteiger partial charge in [0.25, 0.3) is 5.88 Å². The third-order valence-electron chi connectivity index (χ3n) is 1.98. The Labute approximate surface area is 89.9 Å². The molecule has 0 amide bonds. The van der Waals surface area contributed by atoms with Crippen LogP contribution in [0.4, 0.5) is 0 Å². The fourth-order valence-corrected chi connectivity index (χ4v) is 0.949. The molecular weight excluding hydrogens is 194 g/mol. The highest BCUT2D eigenvalue weighted by atomic mass is 16.5. The summed E-state index contributed by atoms with van der Waals surface area (Å²) in [5.41, 5.74) is -0.275. The molecule has 4 nitrogen and oxygen atoms in total. The normalized spacial score (nSPS) is 11.2. The molecule has 1 N–H and O–H groups in total. The van der Waals surface area contributed by atoms with Crippen LogP contribution in [0.15, 0.2) is 18.3 Å². The van der Waals surface area contributed by atoms with Gasteiger partial charge in [0, 0.05) is 11.6 Å². The van der Waals surface area contributed by atoms with Crippen LogP contribution in [0.3, 0.4) is 0 Å². The minimum absolute atomic E-state index is 0.0716. The van der Waals surface area contributed by atoms with Crippen molar-refractivity contribution >= 4 is 0 Å². The first-order valence-electron chi connectivity index (χ1n) is 4.82. The van der Waals surface area contributed by atoms with Crippen molar-refractivity contribution in [2.75, 3.05) is 20.3 Å². The molecule has 0 saturated heterocycles. The number of nitrogens with zero attached hydrogens (tertiary/aromatic N) is 1. The number of hydrogen-bond acceptors (Lipinski definition) is 4. The number of methoxy groups -OCH3 is 1. The predicted octanol–water partition coefficient (Wildman–Crippen LogP) is 1.49. The Morgan fingerprint density at radius 2 is 2.20 bits per heavy atom. The van der Waals surface area contributed by atoms with E-state index in [1.165, 1.54) is 0 Å². The van der Waals surface area contributed by atoms with E-state index >= 15 is 0 Å². The van der Waals surface area contributed by atoms with Crippen molar-refractivity contribution in [2.45, 2.75) is 13.8 Å². The van der Waals surface area contributed by atoms with E-state index in [4.69, 9.17) is 14.6 Å². The van der Waals surface area contributed by atoms with Gasteiger partial charge in [-0.2, -0.15) is 0 Å². The van der Waals surface area contributed by atoms with E-state index in [1.54, 1.807) is 25.4 Å². The molecule has 1 aromatic rings. The van der Waals surface area contributed by atoms with Crippen LogP contribution in [-0.2, 0) is 0 Å². The molecular formula is C11H17NO3. The van der Waals surface area contributed by atoms with Crippen molar-refractivity contribution in [1.82, 2.24) is 4.98 Å². The van der Waals surface area contributed by atoms with Gasteiger partial charge in [-0.05, 0) is 12.1 Å². The molecule has 0 radical (unpaired) electrons. The fraction of sp³-hybridized carbons (Fsp3) is 0.545. The highest BCUT2D eigenvalue weighted by Crippen LogP contribution is 2.25. The van der Waals surface area contributed by atoms with E-state index < -0.39 is 0 Å². The molecule has 0 unspecified atom stereocenters. The van der Waals surface area contributed by atoms with Crippen LogP contribution in [0, 0.1) is 5.41 Å². The highest BCUT2D eigenvalue weighted by Gasteiger charge is 2.18. The fourth-order valence-electron chi connectivity index (χ4n) is 0.949. The Bertz CT molecular complexity index is 312. The smallest absolute Gasteiger partial charge is 0.256 e. The molecule has 1 rings (SSSR count). The largest absolute Gasteiger partial charge is 0.491 e. The van der Waals surface area contributed by atoms with Gasteiger partial charge < -0.3 is 14.6 Å². The molecule has 4 heteroatoms. The lowest BCUT2D eigenvalue weighted by atomic mass is 9.97. The molecule has 0 atom stereocenters. The van der Waals surface area contributed by atoms with Crippen LogP contribution < -0.4 is 9.47 Å². The Balaban J connectivity index is 2.65. The molecule has 1 heterocycles. The number of aliphatic hydroxyl groups is 1. The van der Waals surface area contributed by atoms with Crippen molar-refractivity contribution in [3.63, 3.8) is 0 Å². The van der Waals surface area contributed by atoms with Crippen LogP contribution in [0.25, 0.3) is 0 Å². The summed E-state index contributed by atoms with van der Waals surface area (Å²) in [6.07, 6.45) is 1.64. The van der Waals surface area contributed by atoms with Crippen molar-refractivity contribution in [1.29, 1.82) is 0 Å². The van der Waals surface area contributed by atoms with E-state index in [9.17, 15) is 0 Å². The van der Waals surface area contributed by atoms with Gasteiger partial charge in [-0.1, -0.05) is 13.8 Å². The number of aliphatic hydroxyl groups excluding tert-OH is 1. The lowest BCUT2D eigenvalue weighted by Gasteiger charge is -2.21. The third kappa shape index (κ3) is 3.40. The van der Waals surface area contributed by atoms with E-state index in [0.717, 1.165) is 0 Å². The van der Waals surface area contributed by atoms with Gasteiger partial charge in [0.15, 0.2) is 5.75 Å². The second kappa shape index (κ2) is 4.98. The lowest BCUT2D eigenvalue weighted by molar-refractivity contribution is 0.0933. The van der Waals surface area contributed by atoms with Crippen molar-refractivity contribution < 1.29 is 14.6 Å². The van der Waals surface area contributed by atoms with Gasteiger partial charge in [-0.15, -0.1) is 0 Å². The van der Waals surface area contributed by atoms with E-state index in [2.05, 4.69) is 4.98 Å². The van der Waals surface area contributed by atoms with Crippen molar-refractivity contribution in [2.24, 2.45) is 5.41 Å². The maximum atomic E-state index is 9.07. The van der Waals surface area contributed by atoms with Crippen LogP contribution in [-0.4, -0.2) is 30.4 Å². The topological polar surface area (TPSA) is 51.6 Å². The molecule has 0 spiro atoms. The zero-order valence-electron chi connectivity index (χ0n) is 9.36. The summed E-state index contributed by atoms with van der Waals surface area (Å²) in [7, 11) is 1.57. The van der Waals surface area contributed by atoms with E-state index in [0.29, 0.717) is 18.2 Å². The minimum Gasteiger partial charge on any atom is -0.491 e. The summed E-state index contributed by atoms with van der Waals surface area (Å²) >= 11 is 0. The van der Waals surface area contributed by atoms with Gasteiger partial charge in [0.2, 0.25) is 0 Å². The van der Waals surface area contributed by atoms with E-state index in [-0.39, 0.29) is 12.0 Å².